The Morgan fingerprint density at radius 2 is 1.80 bits per heavy atom. The molecule has 1 saturated carbocycles. The minimum atomic E-state index is -0.176. The molecule has 1 aliphatic carbocycles. The van der Waals surface area contributed by atoms with Crippen LogP contribution in [0, 0.1) is 0 Å². The fraction of sp³-hybridized carbons (Fsp3) is 0.484. The molecule has 2 atom stereocenters. The van der Waals surface area contributed by atoms with Gasteiger partial charge < -0.3 is 19.7 Å². The summed E-state index contributed by atoms with van der Waals surface area (Å²) in [5.41, 5.74) is 3.24. The molecule has 1 saturated heterocycles. The largest absolute Gasteiger partial charge is 0.393 e. The summed E-state index contributed by atoms with van der Waals surface area (Å²) in [6.45, 7) is 8.75. The molecule has 10 heteroatoms. The number of thiazole rings is 1. The number of pyridine rings is 1. The fourth-order valence-electron chi connectivity index (χ4n) is 5.55. The Labute approximate surface area is 245 Å². The van der Waals surface area contributed by atoms with Gasteiger partial charge in [0.15, 0.2) is 0 Å². The molecule has 41 heavy (non-hydrogen) atoms. The van der Waals surface area contributed by atoms with E-state index in [-0.39, 0.29) is 17.9 Å². The van der Waals surface area contributed by atoms with Crippen LogP contribution >= 0.6 is 11.3 Å². The lowest BCUT2D eigenvalue weighted by atomic mass is 9.91. The molecule has 0 spiro atoms. The maximum absolute atomic E-state index is 9.96. The van der Waals surface area contributed by atoms with Crippen LogP contribution in [0.25, 0.3) is 22.2 Å². The van der Waals surface area contributed by atoms with Crippen LogP contribution in [0.5, 0.6) is 0 Å². The van der Waals surface area contributed by atoms with Gasteiger partial charge in [0.05, 0.1) is 30.5 Å². The van der Waals surface area contributed by atoms with Crippen LogP contribution < -0.4 is 5.32 Å². The number of benzene rings is 1. The van der Waals surface area contributed by atoms with Gasteiger partial charge in [-0.1, -0.05) is 49.3 Å². The van der Waals surface area contributed by atoms with Crippen LogP contribution in [-0.2, 0) is 11.3 Å². The van der Waals surface area contributed by atoms with Crippen LogP contribution in [0.3, 0.4) is 0 Å². The summed E-state index contributed by atoms with van der Waals surface area (Å²) >= 11 is 1.59. The Hall–Kier alpha value is -3.18. The van der Waals surface area contributed by atoms with E-state index in [4.69, 9.17) is 19.2 Å². The second-order valence-corrected chi connectivity index (χ2v) is 12.3. The molecule has 0 radical (unpaired) electrons. The van der Waals surface area contributed by atoms with Crippen molar-refractivity contribution in [3.63, 3.8) is 0 Å². The van der Waals surface area contributed by atoms with E-state index in [9.17, 15) is 5.11 Å². The predicted molar refractivity (Wildman–Crippen MR) is 160 cm³/mol. The van der Waals surface area contributed by atoms with Gasteiger partial charge in [-0.3, -0.25) is 4.90 Å². The second kappa shape index (κ2) is 12.8. The Kier molecular flexibility index (Phi) is 8.71. The molecule has 1 aliphatic heterocycles. The molecule has 6 rings (SSSR count). The molecule has 9 nitrogen and oxygen atoms in total. The first kappa shape index (κ1) is 28.0. The number of aliphatic hydroxyl groups excluding tert-OH is 1. The lowest BCUT2D eigenvalue weighted by Gasteiger charge is -2.29. The molecule has 3 aromatic heterocycles. The second-order valence-electron chi connectivity index (χ2n) is 11.3. The Morgan fingerprint density at radius 3 is 2.59 bits per heavy atom. The van der Waals surface area contributed by atoms with E-state index < -0.39 is 0 Å². The number of anilines is 1. The number of rotatable bonds is 9. The third kappa shape index (κ3) is 6.83. The zero-order valence-electron chi connectivity index (χ0n) is 23.7. The number of morpholine rings is 1. The summed E-state index contributed by atoms with van der Waals surface area (Å²) in [6.07, 6.45) is 5.25. The van der Waals surface area contributed by atoms with Crippen molar-refractivity contribution in [2.75, 3.05) is 31.6 Å². The molecule has 1 aromatic carbocycles. The topological polar surface area (TPSA) is 109 Å². The predicted octanol–water partition coefficient (Wildman–Crippen LogP) is 5.71. The van der Waals surface area contributed by atoms with Crippen molar-refractivity contribution in [1.82, 2.24) is 25.0 Å². The minimum absolute atomic E-state index is 0.147. The SMILES string of the molecule is CC(c1cc(CN2CCOCC2)cc(N[C@H]2CC[C@H](O)CC2)n1)C(C)c1ncc(-c2nc(-c3ccccc3)no2)s1. The normalized spacial score (nSPS) is 21.4. The van der Waals surface area contributed by atoms with E-state index in [2.05, 4.69) is 46.3 Å². The van der Waals surface area contributed by atoms with E-state index in [1.807, 2.05) is 36.5 Å². The average Bonchev–Trinajstić information content (AvgIpc) is 3.69. The van der Waals surface area contributed by atoms with Crippen LogP contribution in [-0.4, -0.2) is 68.6 Å². The number of aliphatic hydroxyl groups is 1. The zero-order valence-corrected chi connectivity index (χ0v) is 24.5. The maximum atomic E-state index is 9.96. The highest BCUT2D eigenvalue weighted by Crippen LogP contribution is 2.37. The van der Waals surface area contributed by atoms with Gasteiger partial charge >= 0.3 is 0 Å². The summed E-state index contributed by atoms with van der Waals surface area (Å²) < 4.78 is 11.1. The Balaban J connectivity index is 1.21. The molecule has 216 valence electrons. The molecule has 2 N–H and O–H groups in total. The number of aromatic nitrogens is 4. The highest BCUT2D eigenvalue weighted by Gasteiger charge is 2.25. The zero-order chi connectivity index (χ0) is 28.2. The summed E-state index contributed by atoms with van der Waals surface area (Å²) in [4.78, 5) is 17.8. The van der Waals surface area contributed by atoms with Gasteiger partial charge in [-0.25, -0.2) is 9.97 Å². The van der Waals surface area contributed by atoms with E-state index in [0.29, 0.717) is 17.8 Å². The van der Waals surface area contributed by atoms with Gasteiger partial charge in [-0.2, -0.15) is 4.98 Å². The first-order valence-corrected chi connectivity index (χ1v) is 15.4. The van der Waals surface area contributed by atoms with Crippen molar-refractivity contribution in [2.24, 2.45) is 0 Å². The number of hydrogen-bond donors (Lipinski definition) is 2. The molecule has 0 bridgehead atoms. The lowest BCUT2D eigenvalue weighted by Crippen LogP contribution is -2.35. The molecule has 2 fully saturated rings. The number of nitrogens with one attached hydrogen (secondary N) is 1. The average molecular weight is 575 g/mol. The minimum Gasteiger partial charge on any atom is -0.393 e. The lowest BCUT2D eigenvalue weighted by molar-refractivity contribution is 0.0342. The van der Waals surface area contributed by atoms with Gasteiger partial charge in [0.2, 0.25) is 5.82 Å². The van der Waals surface area contributed by atoms with Crippen molar-refractivity contribution in [1.29, 1.82) is 0 Å². The monoisotopic (exact) mass is 574 g/mol. The van der Waals surface area contributed by atoms with Crippen molar-refractivity contribution >= 4 is 17.2 Å². The van der Waals surface area contributed by atoms with E-state index in [0.717, 1.165) is 85.5 Å². The summed E-state index contributed by atoms with van der Waals surface area (Å²) in [5.74, 6) is 2.28. The summed E-state index contributed by atoms with van der Waals surface area (Å²) in [6, 6.07) is 14.6. The van der Waals surface area contributed by atoms with Gasteiger partial charge in [-0.05, 0) is 43.4 Å². The maximum Gasteiger partial charge on any atom is 0.269 e. The molecule has 2 unspecified atom stereocenters. The molecule has 4 aromatic rings. The molecule has 4 heterocycles. The number of hydrogen-bond acceptors (Lipinski definition) is 10. The standard InChI is InChI=1S/C31H38N6O3S/c1-20(21(2)31-32-18-27(41-31)30-35-29(36-40-30)23-6-4-3-5-7-23)26-16-22(19-37-12-14-39-15-13-37)17-28(34-26)33-24-8-10-25(38)11-9-24/h3-7,16-18,20-21,24-25,38H,8-15,19H2,1-2H3,(H,33,34)/t20?,21?,24-,25-. The van der Waals surface area contributed by atoms with Gasteiger partial charge in [-0.15, -0.1) is 11.3 Å². The van der Waals surface area contributed by atoms with Gasteiger partial charge in [0.1, 0.15) is 10.7 Å². The molecular weight excluding hydrogens is 536 g/mol. The molecule has 0 amide bonds. The number of ether oxygens (including phenoxy) is 1. The first-order chi connectivity index (χ1) is 20.0. The van der Waals surface area contributed by atoms with E-state index in [1.165, 1.54) is 5.56 Å². The van der Waals surface area contributed by atoms with Crippen molar-refractivity contribution in [2.45, 2.75) is 70.1 Å². The van der Waals surface area contributed by atoms with E-state index in [1.54, 1.807) is 11.3 Å². The summed E-state index contributed by atoms with van der Waals surface area (Å²) in [5, 5.41) is 18.8. The van der Waals surface area contributed by atoms with Crippen LogP contribution in [0.4, 0.5) is 5.82 Å². The van der Waals surface area contributed by atoms with Crippen molar-refractivity contribution < 1.29 is 14.4 Å². The third-order valence-electron chi connectivity index (χ3n) is 8.26. The third-order valence-corrected chi connectivity index (χ3v) is 9.45. The number of nitrogens with zero attached hydrogens (tertiary/aromatic N) is 5. The Morgan fingerprint density at radius 1 is 1.02 bits per heavy atom. The highest BCUT2D eigenvalue weighted by molar-refractivity contribution is 7.15. The van der Waals surface area contributed by atoms with Crippen LogP contribution in [0.1, 0.15) is 67.6 Å². The van der Waals surface area contributed by atoms with E-state index >= 15 is 0 Å². The van der Waals surface area contributed by atoms with Gasteiger partial charge in [0.25, 0.3) is 5.89 Å². The van der Waals surface area contributed by atoms with Crippen molar-refractivity contribution in [3.05, 3.63) is 64.9 Å². The molecule has 2 aliphatic rings. The highest BCUT2D eigenvalue weighted by atomic mass is 32.1. The van der Waals surface area contributed by atoms with Crippen LogP contribution in [0.15, 0.2) is 53.2 Å². The first-order valence-electron chi connectivity index (χ1n) is 14.6. The summed E-state index contributed by atoms with van der Waals surface area (Å²) in [7, 11) is 0. The smallest absolute Gasteiger partial charge is 0.269 e. The van der Waals surface area contributed by atoms with Crippen LogP contribution in [0.2, 0.25) is 0 Å². The Bertz CT molecular complexity index is 1410. The van der Waals surface area contributed by atoms with Crippen molar-refractivity contribution in [3.8, 4) is 22.2 Å². The molecular formula is C31H38N6O3S. The van der Waals surface area contributed by atoms with Gasteiger partial charge in [0, 0.05) is 48.8 Å². The fourth-order valence-corrected chi connectivity index (χ4v) is 6.55. The quantitative estimate of drug-likeness (QED) is 0.260.